The van der Waals surface area contributed by atoms with E-state index in [1.54, 1.807) is 11.3 Å². The van der Waals surface area contributed by atoms with E-state index in [2.05, 4.69) is 20.7 Å². The van der Waals surface area contributed by atoms with Gasteiger partial charge in [-0.05, 0) is 53.9 Å². The van der Waals surface area contributed by atoms with Crippen LogP contribution in [0.5, 0.6) is 0 Å². The summed E-state index contributed by atoms with van der Waals surface area (Å²) in [6, 6.07) is 9.52. The molecule has 0 radical (unpaired) electrons. The Morgan fingerprint density at radius 1 is 1.25 bits per heavy atom. The van der Waals surface area contributed by atoms with Crippen LogP contribution in [0.2, 0.25) is 0 Å². The largest absolute Gasteiger partial charge is 0.334 e. The molecule has 0 fully saturated rings. The maximum atomic E-state index is 12.0. The van der Waals surface area contributed by atoms with Gasteiger partial charge in [0.15, 0.2) is 0 Å². The molecule has 124 valence electrons. The molecule has 2 heterocycles. The molecule has 0 bridgehead atoms. The second kappa shape index (κ2) is 7.27. The van der Waals surface area contributed by atoms with Crippen molar-refractivity contribution < 1.29 is 4.79 Å². The second-order valence-electron chi connectivity index (χ2n) is 5.50. The van der Waals surface area contributed by atoms with Crippen molar-refractivity contribution in [2.45, 2.75) is 26.9 Å². The Hall–Kier alpha value is -2.67. The minimum Gasteiger partial charge on any atom is -0.334 e. The van der Waals surface area contributed by atoms with Crippen LogP contribution < -0.4 is 10.6 Å². The number of thiophene rings is 1. The molecule has 0 spiro atoms. The lowest BCUT2D eigenvalue weighted by atomic mass is 10.2. The Kier molecular flexibility index (Phi) is 4.90. The molecule has 0 aliphatic rings. The van der Waals surface area contributed by atoms with Crippen molar-refractivity contribution in [1.82, 2.24) is 20.1 Å². The molecule has 2 amide bonds. The van der Waals surface area contributed by atoms with Crippen LogP contribution >= 0.6 is 11.3 Å². The molecule has 3 rings (SSSR count). The first kappa shape index (κ1) is 16.2. The van der Waals surface area contributed by atoms with Gasteiger partial charge in [-0.1, -0.05) is 12.1 Å². The minimum atomic E-state index is -0.217. The Morgan fingerprint density at radius 2 is 2.12 bits per heavy atom. The Labute approximate surface area is 144 Å². The predicted molar refractivity (Wildman–Crippen MR) is 95.2 cm³/mol. The number of aryl methyl sites for hydroxylation is 2. The van der Waals surface area contributed by atoms with Crippen LogP contribution in [0.15, 0.2) is 41.1 Å². The number of anilines is 1. The van der Waals surface area contributed by atoms with E-state index in [0.29, 0.717) is 13.1 Å². The van der Waals surface area contributed by atoms with E-state index in [9.17, 15) is 4.79 Å². The lowest BCUT2D eigenvalue weighted by Gasteiger charge is -2.09. The molecule has 2 N–H and O–H groups in total. The lowest BCUT2D eigenvalue weighted by molar-refractivity contribution is 0.252. The number of hydrogen-bond acceptors (Lipinski definition) is 4. The summed E-state index contributed by atoms with van der Waals surface area (Å²) in [5.41, 5.74) is 2.91. The topological polar surface area (TPSA) is 71.8 Å². The van der Waals surface area contributed by atoms with Crippen LogP contribution in [-0.4, -0.2) is 20.8 Å². The van der Waals surface area contributed by atoms with Crippen molar-refractivity contribution in [2.24, 2.45) is 0 Å². The molecule has 0 saturated carbocycles. The van der Waals surface area contributed by atoms with Crippen LogP contribution in [0.4, 0.5) is 10.5 Å². The van der Waals surface area contributed by atoms with Crippen molar-refractivity contribution in [3.63, 3.8) is 0 Å². The second-order valence-corrected chi connectivity index (χ2v) is 6.28. The zero-order chi connectivity index (χ0) is 16.9. The van der Waals surface area contributed by atoms with Crippen LogP contribution in [-0.2, 0) is 13.1 Å². The molecule has 6 nitrogen and oxygen atoms in total. The van der Waals surface area contributed by atoms with E-state index in [-0.39, 0.29) is 6.03 Å². The van der Waals surface area contributed by atoms with E-state index in [1.807, 2.05) is 59.6 Å². The lowest BCUT2D eigenvalue weighted by Crippen LogP contribution is -2.28. The highest BCUT2D eigenvalue weighted by molar-refractivity contribution is 7.07. The van der Waals surface area contributed by atoms with Crippen LogP contribution in [0.1, 0.15) is 22.8 Å². The number of carbonyl (C=O) groups is 1. The predicted octanol–water partition coefficient (Wildman–Crippen LogP) is 3.33. The number of nitrogens with zero attached hydrogens (tertiary/aromatic N) is 3. The van der Waals surface area contributed by atoms with Gasteiger partial charge in [0, 0.05) is 12.2 Å². The summed E-state index contributed by atoms with van der Waals surface area (Å²) in [6.07, 6.45) is 0. The van der Waals surface area contributed by atoms with E-state index >= 15 is 0 Å². The summed E-state index contributed by atoms with van der Waals surface area (Å²) in [4.78, 5) is 16.3. The number of hydrogen-bond donors (Lipinski definition) is 2. The highest BCUT2D eigenvalue weighted by Gasteiger charge is 2.06. The monoisotopic (exact) mass is 341 g/mol. The molecule has 0 aliphatic heterocycles. The summed E-state index contributed by atoms with van der Waals surface area (Å²) in [7, 11) is 0. The standard InChI is InChI=1S/C17H19N5OS/c1-12-19-13(2)22(21-12)10-14-4-3-5-16(8-14)20-17(23)18-9-15-6-7-24-11-15/h3-8,11H,9-10H2,1-2H3,(H2,18,20,23). The molecule has 0 aliphatic carbocycles. The fraction of sp³-hybridized carbons (Fsp3) is 0.235. The molecule has 2 aromatic heterocycles. The van der Waals surface area contributed by atoms with Crippen molar-refractivity contribution >= 4 is 23.1 Å². The van der Waals surface area contributed by atoms with Gasteiger partial charge in [0.1, 0.15) is 11.6 Å². The van der Waals surface area contributed by atoms with Gasteiger partial charge in [-0.3, -0.25) is 0 Å². The van der Waals surface area contributed by atoms with Gasteiger partial charge in [0.05, 0.1) is 6.54 Å². The van der Waals surface area contributed by atoms with Gasteiger partial charge >= 0.3 is 6.03 Å². The van der Waals surface area contributed by atoms with Crippen LogP contribution in [0.25, 0.3) is 0 Å². The SMILES string of the molecule is Cc1nc(C)n(Cc2cccc(NC(=O)NCc3ccsc3)c2)n1. The first-order chi connectivity index (χ1) is 11.6. The number of rotatable bonds is 5. The quantitative estimate of drug-likeness (QED) is 0.748. The van der Waals surface area contributed by atoms with E-state index < -0.39 is 0 Å². The average Bonchev–Trinajstić information content (AvgIpc) is 3.16. The number of benzene rings is 1. The van der Waals surface area contributed by atoms with Gasteiger partial charge in [0.25, 0.3) is 0 Å². The third kappa shape index (κ3) is 4.20. The molecule has 0 unspecified atom stereocenters. The first-order valence-corrected chi connectivity index (χ1v) is 8.57. The third-order valence-electron chi connectivity index (χ3n) is 3.51. The molecular weight excluding hydrogens is 322 g/mol. The Balaban J connectivity index is 1.60. The van der Waals surface area contributed by atoms with Crippen LogP contribution in [0, 0.1) is 13.8 Å². The number of amides is 2. The number of aromatic nitrogens is 3. The van der Waals surface area contributed by atoms with Crippen molar-refractivity contribution in [3.05, 3.63) is 63.9 Å². The van der Waals surface area contributed by atoms with E-state index in [4.69, 9.17) is 0 Å². The Bertz CT molecular complexity index is 825. The highest BCUT2D eigenvalue weighted by Crippen LogP contribution is 2.13. The molecule has 1 aromatic carbocycles. The number of urea groups is 1. The fourth-order valence-corrected chi connectivity index (χ4v) is 3.05. The highest BCUT2D eigenvalue weighted by atomic mass is 32.1. The van der Waals surface area contributed by atoms with Gasteiger partial charge in [0.2, 0.25) is 0 Å². The minimum absolute atomic E-state index is 0.217. The smallest absolute Gasteiger partial charge is 0.319 e. The molecule has 0 atom stereocenters. The van der Waals surface area contributed by atoms with Gasteiger partial charge in [-0.2, -0.15) is 16.4 Å². The zero-order valence-electron chi connectivity index (χ0n) is 13.6. The summed E-state index contributed by atoms with van der Waals surface area (Å²) in [6.45, 7) is 4.95. The molecule has 3 aromatic rings. The Morgan fingerprint density at radius 3 is 2.83 bits per heavy atom. The number of nitrogens with one attached hydrogen (secondary N) is 2. The van der Waals surface area contributed by atoms with Gasteiger partial charge in [-0.25, -0.2) is 14.5 Å². The average molecular weight is 341 g/mol. The molecular formula is C17H19N5OS. The molecule has 0 saturated heterocycles. The van der Waals surface area contributed by atoms with Crippen molar-refractivity contribution in [1.29, 1.82) is 0 Å². The van der Waals surface area contributed by atoms with E-state index in [1.165, 1.54) is 0 Å². The summed E-state index contributed by atoms with van der Waals surface area (Å²) in [5, 5.41) is 14.1. The summed E-state index contributed by atoms with van der Waals surface area (Å²) in [5.74, 6) is 1.63. The molecule has 7 heteroatoms. The first-order valence-electron chi connectivity index (χ1n) is 7.63. The summed E-state index contributed by atoms with van der Waals surface area (Å²) < 4.78 is 1.85. The van der Waals surface area contributed by atoms with Crippen LogP contribution in [0.3, 0.4) is 0 Å². The third-order valence-corrected chi connectivity index (χ3v) is 4.24. The van der Waals surface area contributed by atoms with E-state index in [0.717, 1.165) is 28.5 Å². The summed E-state index contributed by atoms with van der Waals surface area (Å²) >= 11 is 1.62. The maximum Gasteiger partial charge on any atom is 0.319 e. The maximum absolute atomic E-state index is 12.0. The van der Waals surface area contributed by atoms with Crippen molar-refractivity contribution in [2.75, 3.05) is 5.32 Å². The number of carbonyl (C=O) groups excluding carboxylic acids is 1. The normalized spacial score (nSPS) is 10.6. The van der Waals surface area contributed by atoms with Gasteiger partial charge < -0.3 is 10.6 Å². The molecule has 24 heavy (non-hydrogen) atoms. The van der Waals surface area contributed by atoms with Crippen molar-refractivity contribution in [3.8, 4) is 0 Å². The zero-order valence-corrected chi connectivity index (χ0v) is 14.4. The van der Waals surface area contributed by atoms with Gasteiger partial charge in [-0.15, -0.1) is 0 Å². The fourth-order valence-electron chi connectivity index (χ4n) is 2.38.